The number of aromatic nitrogens is 2. The standard InChI is InChI=1S/C31H39ClN10O2/c1-19(26-6-5-7-29(37-26)41-12-10-40(4)11-13-41)36-30(43)20(2)42-18-22-9-8-21(14-24(22)31(42)44)23-15-27(35-16-25(23)32)38-28(39-33)17-34-3/h5-9,14-17,19-20,34,39H,10-13,18,33H2,1-4H3,(H,35,38)(H,36,43)/b28-17-/t19-,20-/m1/s1. The SMILES string of the molecule is CN/C=C(\NN)Nc1cc(-c2ccc3c(c2)C(=O)N([C@H](C)C(=O)N[C@H](C)c2cccc(N4CCN(C)CC4)n2)C3)c(Cl)cn1. The Bertz CT molecular complexity index is 1560. The second-order valence-corrected chi connectivity index (χ2v) is 11.5. The van der Waals surface area contributed by atoms with Crippen LogP contribution in [0.25, 0.3) is 11.1 Å². The van der Waals surface area contributed by atoms with Crippen LogP contribution < -0.4 is 32.1 Å². The van der Waals surface area contributed by atoms with E-state index in [-0.39, 0.29) is 17.9 Å². The molecule has 2 amide bonds. The summed E-state index contributed by atoms with van der Waals surface area (Å²) in [6.45, 7) is 7.80. The van der Waals surface area contributed by atoms with Gasteiger partial charge in [-0.25, -0.2) is 15.8 Å². The third kappa shape index (κ3) is 6.72. The summed E-state index contributed by atoms with van der Waals surface area (Å²) in [6, 6.07) is 12.3. The van der Waals surface area contributed by atoms with Gasteiger partial charge in [-0.2, -0.15) is 0 Å². The smallest absolute Gasteiger partial charge is 0.255 e. The number of hydrazine groups is 1. The van der Waals surface area contributed by atoms with Crippen molar-refractivity contribution >= 4 is 35.1 Å². The summed E-state index contributed by atoms with van der Waals surface area (Å²) in [5.74, 6) is 7.05. The number of nitrogens with two attached hydrogens (primary N) is 1. The molecule has 0 bridgehead atoms. The van der Waals surface area contributed by atoms with Crippen molar-refractivity contribution in [2.75, 3.05) is 50.5 Å². The number of hydrogen-bond donors (Lipinski definition) is 5. The summed E-state index contributed by atoms with van der Waals surface area (Å²) >= 11 is 6.51. The average molecular weight is 619 g/mol. The number of amides is 2. The molecule has 4 heterocycles. The number of fused-ring (bicyclic) bond motifs is 1. The van der Waals surface area contributed by atoms with Crippen molar-refractivity contribution in [1.82, 2.24) is 35.8 Å². The number of halogens is 1. The number of anilines is 2. The van der Waals surface area contributed by atoms with Crippen LogP contribution in [0.5, 0.6) is 0 Å². The molecule has 0 radical (unpaired) electrons. The molecule has 2 aliphatic heterocycles. The first-order valence-electron chi connectivity index (χ1n) is 14.6. The molecule has 1 aromatic carbocycles. The zero-order valence-corrected chi connectivity index (χ0v) is 26.2. The molecule has 3 aromatic rings. The third-order valence-corrected chi connectivity index (χ3v) is 8.35. The molecule has 44 heavy (non-hydrogen) atoms. The number of hydrogen-bond acceptors (Lipinski definition) is 10. The van der Waals surface area contributed by atoms with Crippen molar-refractivity contribution in [3.05, 3.63) is 82.5 Å². The molecular formula is C31H39ClN10O2. The molecule has 2 aliphatic rings. The maximum atomic E-state index is 13.6. The van der Waals surface area contributed by atoms with Crippen molar-refractivity contribution in [2.24, 2.45) is 5.84 Å². The molecular weight excluding hydrogens is 580 g/mol. The number of carbonyl (C=O) groups is 2. The van der Waals surface area contributed by atoms with Crippen LogP contribution in [0, 0.1) is 0 Å². The number of rotatable bonds is 10. The second kappa shape index (κ2) is 13.5. The monoisotopic (exact) mass is 618 g/mol. The lowest BCUT2D eigenvalue weighted by Crippen LogP contribution is -2.46. The van der Waals surface area contributed by atoms with Crippen LogP contribution in [0.15, 0.2) is 60.7 Å². The quantitative estimate of drug-likeness (QED) is 0.170. The van der Waals surface area contributed by atoms with Crippen molar-refractivity contribution in [3.63, 3.8) is 0 Å². The maximum absolute atomic E-state index is 13.6. The minimum atomic E-state index is -0.678. The van der Waals surface area contributed by atoms with Gasteiger partial charge in [0.1, 0.15) is 23.5 Å². The number of nitrogens with one attached hydrogen (secondary N) is 4. The van der Waals surface area contributed by atoms with E-state index in [2.05, 4.69) is 43.2 Å². The van der Waals surface area contributed by atoms with Crippen LogP contribution in [0.1, 0.15) is 41.5 Å². The van der Waals surface area contributed by atoms with Crippen LogP contribution >= 0.6 is 11.6 Å². The molecule has 0 saturated carbocycles. The molecule has 0 spiro atoms. The zero-order valence-electron chi connectivity index (χ0n) is 25.4. The summed E-state index contributed by atoms with van der Waals surface area (Å²) in [5.41, 5.74) is 6.18. The van der Waals surface area contributed by atoms with Crippen LogP contribution in [0.3, 0.4) is 0 Å². The molecule has 5 rings (SSSR count). The van der Waals surface area contributed by atoms with Gasteiger partial charge in [0.05, 0.1) is 16.8 Å². The summed E-state index contributed by atoms with van der Waals surface area (Å²) in [7, 11) is 3.87. The van der Waals surface area contributed by atoms with Crippen molar-refractivity contribution < 1.29 is 9.59 Å². The number of benzene rings is 1. The average Bonchev–Trinajstić information content (AvgIpc) is 3.36. The number of carbonyl (C=O) groups excluding carboxylic acids is 2. The van der Waals surface area contributed by atoms with E-state index in [1.807, 2.05) is 43.3 Å². The predicted octanol–water partition coefficient (Wildman–Crippen LogP) is 2.66. The van der Waals surface area contributed by atoms with Gasteiger partial charge in [0.15, 0.2) is 0 Å². The minimum absolute atomic E-state index is 0.206. The van der Waals surface area contributed by atoms with Gasteiger partial charge in [-0.3, -0.25) is 9.59 Å². The van der Waals surface area contributed by atoms with E-state index < -0.39 is 6.04 Å². The van der Waals surface area contributed by atoms with Gasteiger partial charge < -0.3 is 36.1 Å². The first-order valence-corrected chi connectivity index (χ1v) is 15.0. The van der Waals surface area contributed by atoms with E-state index in [0.29, 0.717) is 34.3 Å². The number of nitrogens with zero attached hydrogens (tertiary/aromatic N) is 5. The fourth-order valence-electron chi connectivity index (χ4n) is 5.37. The van der Waals surface area contributed by atoms with Crippen LogP contribution in [0.2, 0.25) is 5.02 Å². The number of pyridine rings is 2. The van der Waals surface area contributed by atoms with E-state index in [1.54, 1.807) is 31.1 Å². The number of likely N-dealkylation sites (N-methyl/N-ethyl adjacent to an activating group) is 1. The summed E-state index contributed by atoms with van der Waals surface area (Å²) in [5, 5.41) is 9.46. The Balaban J connectivity index is 1.27. The fourth-order valence-corrected chi connectivity index (χ4v) is 5.58. The first kappa shape index (κ1) is 31.0. The van der Waals surface area contributed by atoms with E-state index >= 15 is 0 Å². The molecule has 0 unspecified atom stereocenters. The van der Waals surface area contributed by atoms with Gasteiger partial charge in [0, 0.05) is 63.3 Å². The molecule has 1 fully saturated rings. The molecule has 0 aliphatic carbocycles. The lowest BCUT2D eigenvalue weighted by atomic mass is 10.0. The Morgan fingerprint density at radius 1 is 1.09 bits per heavy atom. The Kier molecular flexibility index (Phi) is 9.52. The molecule has 1 saturated heterocycles. The van der Waals surface area contributed by atoms with E-state index in [0.717, 1.165) is 48.8 Å². The molecule has 12 nitrogen and oxygen atoms in total. The fraction of sp³-hybridized carbons (Fsp3) is 0.355. The largest absolute Gasteiger partial charge is 0.391 e. The number of piperazine rings is 1. The Morgan fingerprint density at radius 2 is 1.86 bits per heavy atom. The summed E-state index contributed by atoms with van der Waals surface area (Å²) in [4.78, 5) is 42.2. The lowest BCUT2D eigenvalue weighted by Gasteiger charge is -2.33. The highest BCUT2D eigenvalue weighted by molar-refractivity contribution is 6.33. The highest BCUT2D eigenvalue weighted by atomic mass is 35.5. The zero-order chi connectivity index (χ0) is 31.4. The Morgan fingerprint density at radius 3 is 2.59 bits per heavy atom. The van der Waals surface area contributed by atoms with Gasteiger partial charge in [0.25, 0.3) is 5.91 Å². The van der Waals surface area contributed by atoms with Gasteiger partial charge in [-0.05, 0) is 56.3 Å². The Hall–Kier alpha value is -4.39. The highest BCUT2D eigenvalue weighted by Gasteiger charge is 2.34. The molecule has 13 heteroatoms. The maximum Gasteiger partial charge on any atom is 0.255 e. The first-order chi connectivity index (χ1) is 21.2. The van der Waals surface area contributed by atoms with Crippen molar-refractivity contribution in [1.29, 1.82) is 0 Å². The second-order valence-electron chi connectivity index (χ2n) is 11.1. The van der Waals surface area contributed by atoms with E-state index in [1.165, 1.54) is 6.20 Å². The molecule has 232 valence electrons. The third-order valence-electron chi connectivity index (χ3n) is 8.05. The summed E-state index contributed by atoms with van der Waals surface area (Å²) < 4.78 is 0. The van der Waals surface area contributed by atoms with Crippen molar-refractivity contribution in [3.8, 4) is 11.1 Å². The molecule has 2 aromatic heterocycles. The summed E-state index contributed by atoms with van der Waals surface area (Å²) in [6.07, 6.45) is 3.19. The Labute approximate surface area is 262 Å². The van der Waals surface area contributed by atoms with E-state index in [4.69, 9.17) is 22.4 Å². The van der Waals surface area contributed by atoms with Crippen molar-refractivity contribution in [2.45, 2.75) is 32.5 Å². The van der Waals surface area contributed by atoms with Crippen LogP contribution in [0.4, 0.5) is 11.6 Å². The predicted molar refractivity (Wildman–Crippen MR) is 173 cm³/mol. The van der Waals surface area contributed by atoms with Gasteiger partial charge in [0.2, 0.25) is 5.91 Å². The molecule has 2 atom stereocenters. The normalized spacial score (nSPS) is 16.8. The lowest BCUT2D eigenvalue weighted by molar-refractivity contribution is -0.125. The topological polar surface area (TPSA) is 144 Å². The van der Waals surface area contributed by atoms with Crippen LogP contribution in [-0.4, -0.2) is 77.9 Å². The van der Waals surface area contributed by atoms with Gasteiger partial charge in [-0.15, -0.1) is 0 Å². The van der Waals surface area contributed by atoms with Gasteiger partial charge in [-0.1, -0.05) is 29.8 Å². The van der Waals surface area contributed by atoms with E-state index in [9.17, 15) is 9.59 Å². The highest BCUT2D eigenvalue weighted by Crippen LogP contribution is 2.34. The van der Waals surface area contributed by atoms with Crippen LogP contribution in [-0.2, 0) is 11.3 Å². The molecule has 6 N–H and O–H groups in total. The van der Waals surface area contributed by atoms with Gasteiger partial charge >= 0.3 is 0 Å². The minimum Gasteiger partial charge on any atom is -0.391 e.